The summed E-state index contributed by atoms with van der Waals surface area (Å²) in [6, 6.07) is 5.13. The molecular formula is C16H25FN2O. The Balaban J connectivity index is 2.26. The van der Waals surface area contributed by atoms with Crippen LogP contribution in [0.3, 0.4) is 0 Å². The van der Waals surface area contributed by atoms with Gasteiger partial charge in [-0.25, -0.2) is 4.39 Å². The van der Waals surface area contributed by atoms with Crippen LogP contribution in [0.2, 0.25) is 0 Å². The van der Waals surface area contributed by atoms with E-state index in [9.17, 15) is 9.50 Å². The van der Waals surface area contributed by atoms with E-state index in [0.717, 1.165) is 37.3 Å². The normalized spacial score (nSPS) is 24.8. The fourth-order valence-corrected chi connectivity index (χ4v) is 2.93. The molecule has 3 unspecified atom stereocenters. The summed E-state index contributed by atoms with van der Waals surface area (Å²) in [5.41, 5.74) is 2.08. The van der Waals surface area contributed by atoms with Crippen LogP contribution in [-0.2, 0) is 0 Å². The highest BCUT2D eigenvalue weighted by molar-refractivity contribution is 5.55. The molecule has 1 fully saturated rings. The number of aliphatic hydroxyl groups excluding tert-OH is 1. The maximum atomic E-state index is 13.6. The maximum Gasteiger partial charge on any atom is 0.123 e. The summed E-state index contributed by atoms with van der Waals surface area (Å²) >= 11 is 0. The minimum atomic E-state index is -0.221. The lowest BCUT2D eigenvalue weighted by atomic mass is 9.95. The number of hydrogen-bond acceptors (Lipinski definition) is 3. The van der Waals surface area contributed by atoms with E-state index >= 15 is 0 Å². The van der Waals surface area contributed by atoms with Crippen LogP contribution in [0, 0.1) is 11.7 Å². The third-order valence-electron chi connectivity index (χ3n) is 4.17. The number of benzene rings is 1. The zero-order chi connectivity index (χ0) is 14.7. The van der Waals surface area contributed by atoms with Crippen molar-refractivity contribution in [3.63, 3.8) is 0 Å². The number of piperidine rings is 1. The Morgan fingerprint density at radius 3 is 2.90 bits per heavy atom. The summed E-state index contributed by atoms with van der Waals surface area (Å²) in [5, 5.41) is 13.2. The molecule has 2 rings (SSSR count). The molecule has 0 spiro atoms. The highest BCUT2D eigenvalue weighted by Crippen LogP contribution is 2.30. The van der Waals surface area contributed by atoms with Crippen molar-refractivity contribution in [1.82, 2.24) is 5.32 Å². The molecule has 1 aromatic rings. The number of halogens is 1. The lowest BCUT2D eigenvalue weighted by molar-refractivity contribution is 0.0970. The van der Waals surface area contributed by atoms with Crippen molar-refractivity contribution in [2.75, 3.05) is 24.5 Å². The predicted octanol–water partition coefficient (Wildman–Crippen LogP) is 2.70. The number of hydrogen-bond donors (Lipinski definition) is 2. The minimum Gasteiger partial charge on any atom is -0.393 e. The highest BCUT2D eigenvalue weighted by Gasteiger charge is 2.26. The Kier molecular flexibility index (Phi) is 5.00. The molecule has 1 aliphatic heterocycles. The van der Waals surface area contributed by atoms with E-state index in [4.69, 9.17) is 0 Å². The quantitative estimate of drug-likeness (QED) is 0.890. The van der Waals surface area contributed by atoms with Crippen LogP contribution in [0.15, 0.2) is 18.2 Å². The van der Waals surface area contributed by atoms with Gasteiger partial charge in [-0.05, 0) is 49.6 Å². The fourth-order valence-electron chi connectivity index (χ4n) is 2.93. The van der Waals surface area contributed by atoms with Gasteiger partial charge < -0.3 is 15.3 Å². The Hall–Kier alpha value is -1.13. The van der Waals surface area contributed by atoms with Crippen LogP contribution < -0.4 is 10.2 Å². The molecule has 0 amide bonds. The second-order valence-electron chi connectivity index (χ2n) is 5.76. The molecule has 3 nitrogen and oxygen atoms in total. The SMILES string of the molecule is CCNC(C)c1cc(F)ccc1N1CCC(O)C(C)C1. The first-order valence-corrected chi connectivity index (χ1v) is 7.48. The summed E-state index contributed by atoms with van der Waals surface area (Å²) in [7, 11) is 0. The largest absolute Gasteiger partial charge is 0.393 e. The number of nitrogens with zero attached hydrogens (tertiary/aromatic N) is 1. The van der Waals surface area contributed by atoms with Crippen molar-refractivity contribution < 1.29 is 9.50 Å². The maximum absolute atomic E-state index is 13.6. The molecule has 0 aromatic heterocycles. The average molecular weight is 280 g/mol. The topological polar surface area (TPSA) is 35.5 Å². The Morgan fingerprint density at radius 1 is 1.50 bits per heavy atom. The Morgan fingerprint density at radius 2 is 2.25 bits per heavy atom. The molecule has 0 radical (unpaired) electrons. The molecule has 0 bridgehead atoms. The van der Waals surface area contributed by atoms with Crippen LogP contribution in [0.5, 0.6) is 0 Å². The number of aliphatic hydroxyl groups is 1. The van der Waals surface area contributed by atoms with Crippen LogP contribution in [0.25, 0.3) is 0 Å². The van der Waals surface area contributed by atoms with E-state index in [2.05, 4.69) is 31.0 Å². The van der Waals surface area contributed by atoms with Crippen LogP contribution in [0.4, 0.5) is 10.1 Å². The van der Waals surface area contributed by atoms with E-state index < -0.39 is 0 Å². The molecule has 0 aliphatic carbocycles. The Labute approximate surface area is 120 Å². The van der Waals surface area contributed by atoms with Gasteiger partial charge in [0.25, 0.3) is 0 Å². The number of nitrogens with one attached hydrogen (secondary N) is 1. The van der Waals surface area contributed by atoms with E-state index in [1.54, 1.807) is 6.07 Å². The van der Waals surface area contributed by atoms with Crippen molar-refractivity contribution in [3.05, 3.63) is 29.6 Å². The van der Waals surface area contributed by atoms with Gasteiger partial charge in [0.15, 0.2) is 0 Å². The fraction of sp³-hybridized carbons (Fsp3) is 0.625. The second kappa shape index (κ2) is 6.55. The van der Waals surface area contributed by atoms with E-state index in [1.165, 1.54) is 6.07 Å². The van der Waals surface area contributed by atoms with Gasteiger partial charge in [-0.15, -0.1) is 0 Å². The van der Waals surface area contributed by atoms with Gasteiger partial charge in [0.2, 0.25) is 0 Å². The third kappa shape index (κ3) is 3.30. The molecule has 3 atom stereocenters. The lowest BCUT2D eigenvalue weighted by Gasteiger charge is -2.37. The monoisotopic (exact) mass is 280 g/mol. The molecule has 1 aliphatic rings. The average Bonchev–Trinajstić information content (AvgIpc) is 2.42. The van der Waals surface area contributed by atoms with Gasteiger partial charge in [-0.1, -0.05) is 13.8 Å². The van der Waals surface area contributed by atoms with Crippen molar-refractivity contribution in [2.24, 2.45) is 5.92 Å². The van der Waals surface area contributed by atoms with Crippen molar-refractivity contribution in [3.8, 4) is 0 Å². The summed E-state index contributed by atoms with van der Waals surface area (Å²) < 4.78 is 13.6. The van der Waals surface area contributed by atoms with E-state index in [-0.39, 0.29) is 23.9 Å². The summed E-state index contributed by atoms with van der Waals surface area (Å²) in [5.74, 6) is 0.0506. The molecule has 0 saturated carbocycles. The van der Waals surface area contributed by atoms with Gasteiger partial charge in [-0.2, -0.15) is 0 Å². The standard InChI is InChI=1S/C16H25FN2O/c1-4-18-12(3)14-9-13(17)5-6-15(14)19-8-7-16(20)11(2)10-19/h5-6,9,11-12,16,18,20H,4,7-8,10H2,1-3H3. The van der Waals surface area contributed by atoms with Gasteiger partial charge in [0, 0.05) is 24.8 Å². The minimum absolute atomic E-state index is 0.118. The predicted molar refractivity (Wildman–Crippen MR) is 80.5 cm³/mol. The van der Waals surface area contributed by atoms with E-state index in [1.807, 2.05) is 6.07 Å². The van der Waals surface area contributed by atoms with Gasteiger partial charge in [0.05, 0.1) is 6.10 Å². The molecule has 1 heterocycles. The van der Waals surface area contributed by atoms with Gasteiger partial charge in [-0.3, -0.25) is 0 Å². The molecule has 2 N–H and O–H groups in total. The second-order valence-corrected chi connectivity index (χ2v) is 5.76. The Bertz CT molecular complexity index is 452. The van der Waals surface area contributed by atoms with Gasteiger partial charge in [0.1, 0.15) is 5.82 Å². The number of rotatable bonds is 4. The van der Waals surface area contributed by atoms with Crippen LogP contribution in [-0.4, -0.2) is 30.8 Å². The molecule has 1 saturated heterocycles. The molecule has 1 aromatic carbocycles. The first-order chi connectivity index (χ1) is 9.52. The highest BCUT2D eigenvalue weighted by atomic mass is 19.1. The summed E-state index contributed by atoms with van der Waals surface area (Å²) in [4.78, 5) is 2.26. The zero-order valence-corrected chi connectivity index (χ0v) is 12.6. The smallest absolute Gasteiger partial charge is 0.123 e. The van der Waals surface area contributed by atoms with E-state index in [0.29, 0.717) is 0 Å². The van der Waals surface area contributed by atoms with Crippen molar-refractivity contribution in [2.45, 2.75) is 39.3 Å². The zero-order valence-electron chi connectivity index (χ0n) is 12.6. The first kappa shape index (κ1) is 15.3. The third-order valence-corrected chi connectivity index (χ3v) is 4.17. The molecule has 20 heavy (non-hydrogen) atoms. The van der Waals surface area contributed by atoms with Crippen LogP contribution >= 0.6 is 0 Å². The lowest BCUT2D eigenvalue weighted by Crippen LogP contribution is -2.42. The summed E-state index contributed by atoms with van der Waals surface area (Å²) in [6.45, 7) is 8.67. The van der Waals surface area contributed by atoms with Gasteiger partial charge >= 0.3 is 0 Å². The summed E-state index contributed by atoms with van der Waals surface area (Å²) in [6.07, 6.45) is 0.550. The first-order valence-electron chi connectivity index (χ1n) is 7.48. The molecular weight excluding hydrogens is 255 g/mol. The number of anilines is 1. The van der Waals surface area contributed by atoms with Crippen LogP contribution in [0.1, 0.15) is 38.8 Å². The molecule has 4 heteroatoms. The van der Waals surface area contributed by atoms with Crippen molar-refractivity contribution >= 4 is 5.69 Å². The van der Waals surface area contributed by atoms with Crippen molar-refractivity contribution in [1.29, 1.82) is 0 Å². The molecule has 112 valence electrons.